The van der Waals surface area contributed by atoms with Gasteiger partial charge in [0.1, 0.15) is 11.5 Å². The van der Waals surface area contributed by atoms with Crippen molar-refractivity contribution in [3.8, 4) is 16.9 Å². The van der Waals surface area contributed by atoms with Gasteiger partial charge in [0, 0.05) is 60.4 Å². The topological polar surface area (TPSA) is 134 Å². The maximum Gasteiger partial charge on any atom is 0.277 e. The lowest BCUT2D eigenvalue weighted by Crippen LogP contribution is -2.73. The average molecular weight is 656 g/mol. The van der Waals surface area contributed by atoms with Crippen LogP contribution in [0.3, 0.4) is 0 Å². The highest BCUT2D eigenvalue weighted by molar-refractivity contribution is 7.90. The van der Waals surface area contributed by atoms with E-state index in [1.54, 1.807) is 28.3 Å². The largest absolute Gasteiger partial charge is 0.368 e. The van der Waals surface area contributed by atoms with Gasteiger partial charge in [0.15, 0.2) is 20.4 Å². The van der Waals surface area contributed by atoms with Gasteiger partial charge in [0.25, 0.3) is 5.56 Å². The number of benzene rings is 1. The molecule has 47 heavy (non-hydrogen) atoms. The SMILES string of the molecule is C=CC(=O)N1CC2(C1)CN(c1c(S(C)(=O)=O)c(=O)n(-c3c(C)ccnc3C(C)C)c3nc(-c4c(C)ccc5[nH]ncc45)c(F)cc13)C2. The number of rotatable bonds is 6. The number of hydrogen-bond donors (Lipinski definition) is 1. The summed E-state index contributed by atoms with van der Waals surface area (Å²) in [5.41, 5.74) is 2.83. The smallest absolute Gasteiger partial charge is 0.277 e. The molecule has 2 aliphatic heterocycles. The van der Waals surface area contributed by atoms with Crippen molar-refractivity contribution in [3.63, 3.8) is 0 Å². The maximum atomic E-state index is 16.5. The molecule has 7 rings (SSSR count). The van der Waals surface area contributed by atoms with E-state index >= 15 is 4.39 Å². The first-order chi connectivity index (χ1) is 22.2. The summed E-state index contributed by atoms with van der Waals surface area (Å²) in [5.74, 6) is -0.979. The van der Waals surface area contributed by atoms with E-state index < -0.39 is 26.1 Å². The molecule has 2 aliphatic rings. The quantitative estimate of drug-likeness (QED) is 0.266. The molecular formula is C34H34FN7O4S. The predicted octanol–water partition coefficient (Wildman–Crippen LogP) is 4.44. The minimum atomic E-state index is -4.15. The molecule has 11 nitrogen and oxygen atoms in total. The Hall–Kier alpha value is -4.91. The fourth-order valence-electron chi connectivity index (χ4n) is 7.17. The number of carbonyl (C=O) groups is 1. The van der Waals surface area contributed by atoms with Crippen LogP contribution in [0.1, 0.15) is 36.6 Å². The van der Waals surface area contributed by atoms with Crippen molar-refractivity contribution >= 4 is 43.4 Å². The van der Waals surface area contributed by atoms with Crippen LogP contribution in [-0.2, 0) is 14.6 Å². The number of pyridine rings is 3. The van der Waals surface area contributed by atoms with Gasteiger partial charge < -0.3 is 9.80 Å². The molecule has 2 fully saturated rings. The van der Waals surface area contributed by atoms with Crippen molar-refractivity contribution in [2.45, 2.75) is 38.5 Å². The van der Waals surface area contributed by atoms with Gasteiger partial charge in [-0.1, -0.05) is 26.5 Å². The molecule has 1 N–H and O–H groups in total. The Morgan fingerprint density at radius 3 is 2.47 bits per heavy atom. The predicted molar refractivity (Wildman–Crippen MR) is 178 cm³/mol. The average Bonchev–Trinajstić information content (AvgIpc) is 3.44. The van der Waals surface area contributed by atoms with Crippen LogP contribution in [0.15, 0.2) is 59.0 Å². The fourth-order valence-corrected chi connectivity index (χ4v) is 8.17. The lowest BCUT2D eigenvalue weighted by atomic mass is 9.72. The van der Waals surface area contributed by atoms with E-state index in [9.17, 15) is 18.0 Å². The van der Waals surface area contributed by atoms with E-state index in [0.717, 1.165) is 11.8 Å². The van der Waals surface area contributed by atoms with Gasteiger partial charge >= 0.3 is 0 Å². The molecule has 0 bridgehead atoms. The molecule has 6 heterocycles. The zero-order valence-electron chi connectivity index (χ0n) is 26.8. The Morgan fingerprint density at radius 2 is 1.81 bits per heavy atom. The number of aromatic nitrogens is 5. The second-order valence-corrected chi connectivity index (χ2v) is 15.1. The van der Waals surface area contributed by atoms with E-state index in [4.69, 9.17) is 4.98 Å². The normalized spacial score (nSPS) is 15.8. The third-order valence-electron chi connectivity index (χ3n) is 9.31. The van der Waals surface area contributed by atoms with Gasteiger partial charge in [0.05, 0.1) is 28.8 Å². The van der Waals surface area contributed by atoms with Gasteiger partial charge in [-0.05, 0) is 55.2 Å². The van der Waals surface area contributed by atoms with Crippen molar-refractivity contribution in [3.05, 3.63) is 82.3 Å². The number of amides is 1. The standard InChI is InChI=1S/C34H34FN7O4S/c1-7-25(43)40-14-34(15-40)16-41(17-34)30-21-12-23(35)28(26-19(4)8-9-24-22(26)13-37-39-24)38-32(21)42(33(44)31(30)47(6,45)46)29-20(5)10-11-36-27(29)18(2)3/h7-13,18H,1,14-17H2,2-6H3,(H,37,39). The summed E-state index contributed by atoms with van der Waals surface area (Å²) in [5, 5.41) is 7.91. The van der Waals surface area contributed by atoms with Gasteiger partial charge in [-0.15, -0.1) is 0 Å². The first-order valence-electron chi connectivity index (χ1n) is 15.3. The molecule has 13 heteroatoms. The molecule has 0 radical (unpaired) electrons. The van der Waals surface area contributed by atoms with Gasteiger partial charge in [-0.2, -0.15) is 5.10 Å². The molecule has 0 aliphatic carbocycles. The maximum absolute atomic E-state index is 16.5. The zero-order chi connectivity index (χ0) is 33.6. The van der Waals surface area contributed by atoms with Crippen LogP contribution in [-0.4, -0.2) is 76.4 Å². The number of anilines is 1. The number of sulfone groups is 1. The number of nitrogens with one attached hydrogen (secondary N) is 1. The molecule has 0 saturated carbocycles. The number of halogens is 1. The first kappa shape index (κ1) is 30.7. The highest BCUT2D eigenvalue weighted by atomic mass is 32.2. The molecule has 242 valence electrons. The summed E-state index contributed by atoms with van der Waals surface area (Å²) in [6.07, 6.45) is 5.51. The van der Waals surface area contributed by atoms with Crippen molar-refractivity contribution in [1.82, 2.24) is 29.6 Å². The van der Waals surface area contributed by atoms with E-state index in [1.807, 2.05) is 39.8 Å². The number of fused-ring (bicyclic) bond motifs is 2. The Kier molecular flexibility index (Phi) is 6.90. The van der Waals surface area contributed by atoms with Crippen LogP contribution < -0.4 is 10.5 Å². The highest BCUT2D eigenvalue weighted by Crippen LogP contribution is 2.46. The van der Waals surface area contributed by atoms with Crippen molar-refractivity contribution < 1.29 is 17.6 Å². The lowest BCUT2D eigenvalue weighted by molar-refractivity contribution is -0.139. The number of aromatic amines is 1. The number of likely N-dealkylation sites (tertiary alicyclic amines) is 1. The summed E-state index contributed by atoms with van der Waals surface area (Å²) in [4.78, 5) is 39.4. The van der Waals surface area contributed by atoms with Crippen LogP contribution >= 0.6 is 0 Å². The fraction of sp³-hybridized carbons (Fsp3) is 0.324. The van der Waals surface area contributed by atoms with Crippen molar-refractivity contribution in [2.75, 3.05) is 37.3 Å². The third-order valence-corrected chi connectivity index (χ3v) is 10.4. The Morgan fingerprint density at radius 1 is 1.09 bits per heavy atom. The third kappa shape index (κ3) is 4.66. The monoisotopic (exact) mass is 655 g/mol. The molecule has 0 atom stereocenters. The number of aryl methyl sites for hydroxylation is 2. The lowest BCUT2D eigenvalue weighted by Gasteiger charge is -2.61. The van der Waals surface area contributed by atoms with E-state index in [2.05, 4.69) is 21.8 Å². The molecule has 2 saturated heterocycles. The van der Waals surface area contributed by atoms with Gasteiger partial charge in [-0.3, -0.25) is 24.2 Å². The van der Waals surface area contributed by atoms with Crippen LogP contribution in [0.5, 0.6) is 0 Å². The summed E-state index contributed by atoms with van der Waals surface area (Å²) < 4.78 is 45.0. The summed E-state index contributed by atoms with van der Waals surface area (Å²) in [6, 6.07) is 6.73. The van der Waals surface area contributed by atoms with Gasteiger partial charge in [-0.25, -0.2) is 17.8 Å². The minimum absolute atomic E-state index is 0.0125. The molecule has 1 aromatic carbocycles. The zero-order valence-corrected chi connectivity index (χ0v) is 27.6. The highest BCUT2D eigenvalue weighted by Gasteiger charge is 2.54. The summed E-state index contributed by atoms with van der Waals surface area (Å²) >= 11 is 0. The van der Waals surface area contributed by atoms with Crippen molar-refractivity contribution in [2.24, 2.45) is 5.41 Å². The summed E-state index contributed by atoms with van der Waals surface area (Å²) in [6.45, 7) is 12.8. The Balaban J connectivity index is 1.56. The van der Waals surface area contributed by atoms with Crippen molar-refractivity contribution in [1.29, 1.82) is 0 Å². The van der Waals surface area contributed by atoms with Crippen LogP contribution in [0.25, 0.3) is 38.9 Å². The molecule has 0 unspecified atom stereocenters. The Bertz CT molecular complexity index is 2330. The molecule has 5 aromatic rings. The van der Waals surface area contributed by atoms with E-state index in [0.29, 0.717) is 59.6 Å². The Labute approximate surface area is 270 Å². The number of carbonyl (C=O) groups excluding carboxylic acids is 1. The molecule has 4 aromatic heterocycles. The molecular weight excluding hydrogens is 621 g/mol. The number of nitrogens with zero attached hydrogens (tertiary/aromatic N) is 6. The van der Waals surface area contributed by atoms with Gasteiger partial charge in [0.2, 0.25) is 5.91 Å². The van der Waals surface area contributed by atoms with E-state index in [1.165, 1.54) is 16.7 Å². The van der Waals surface area contributed by atoms with Crippen LogP contribution in [0.2, 0.25) is 0 Å². The number of hydrogen-bond acceptors (Lipinski definition) is 8. The second kappa shape index (κ2) is 10.6. The first-order valence-corrected chi connectivity index (χ1v) is 17.2. The molecule has 1 amide bonds. The van der Waals surface area contributed by atoms with Crippen LogP contribution in [0, 0.1) is 25.1 Å². The van der Waals surface area contributed by atoms with E-state index in [-0.39, 0.29) is 39.7 Å². The number of H-pyrrole nitrogens is 1. The molecule has 1 spiro atoms. The second-order valence-electron chi connectivity index (χ2n) is 13.1. The van der Waals surface area contributed by atoms with Crippen LogP contribution in [0.4, 0.5) is 10.1 Å². The summed E-state index contributed by atoms with van der Waals surface area (Å²) in [7, 11) is -4.15. The minimum Gasteiger partial charge on any atom is -0.368 e.